The predicted octanol–water partition coefficient (Wildman–Crippen LogP) is 3.27. The maximum absolute atomic E-state index is 14.1. The molecule has 1 heterocycles. The molecule has 4 amide bonds. The van der Waals surface area contributed by atoms with Crippen LogP contribution in [-0.4, -0.2) is 61.0 Å². The number of rotatable bonds is 13. The molecule has 1 aliphatic heterocycles. The van der Waals surface area contributed by atoms with E-state index < -0.39 is 101 Å². The maximum Gasteiger partial charge on any atom is 0.573 e. The summed E-state index contributed by atoms with van der Waals surface area (Å²) in [6.45, 7) is 2.31. The number of alkyl halides is 3. The number of Topliss-reactive ketones (excluding diaryl/α,β-unsaturated/α-hetero) is 1. The highest BCUT2D eigenvalue weighted by molar-refractivity contribution is 6.40. The highest BCUT2D eigenvalue weighted by Gasteiger charge is 2.35. The minimum atomic E-state index is -5.11. The first-order valence-corrected chi connectivity index (χ1v) is 14.0. The highest BCUT2D eigenvalue weighted by atomic mass is 19.4. The Bertz CT molecular complexity index is 1490. The van der Waals surface area contributed by atoms with Crippen molar-refractivity contribution in [3.8, 4) is 11.5 Å². The molecule has 3 atom stereocenters. The number of ketones is 1. The van der Waals surface area contributed by atoms with Crippen molar-refractivity contribution in [2.24, 2.45) is 11.8 Å². The maximum atomic E-state index is 14.1. The second kappa shape index (κ2) is 15.6. The molecule has 18 heteroatoms. The Morgan fingerprint density at radius 1 is 0.957 bits per heavy atom. The van der Waals surface area contributed by atoms with Crippen molar-refractivity contribution >= 4 is 35.1 Å². The average Bonchev–Trinajstić information content (AvgIpc) is 3.39. The van der Waals surface area contributed by atoms with E-state index in [1.54, 1.807) is 13.8 Å². The second-order valence-electron chi connectivity index (χ2n) is 10.8. The van der Waals surface area contributed by atoms with Crippen molar-refractivity contribution in [3.05, 3.63) is 53.6 Å². The Morgan fingerprint density at radius 2 is 1.60 bits per heavy atom. The summed E-state index contributed by atoms with van der Waals surface area (Å²) in [7, 11) is 0. The minimum Gasteiger partial charge on any atom is -0.479 e. The van der Waals surface area contributed by atoms with Gasteiger partial charge in [-0.15, -0.1) is 13.2 Å². The molecule has 0 unspecified atom stereocenters. The topological polar surface area (TPSA) is 152 Å². The van der Waals surface area contributed by atoms with Crippen LogP contribution >= 0.6 is 0 Å². The van der Waals surface area contributed by atoms with Gasteiger partial charge in [0, 0.05) is 18.5 Å². The molecule has 0 spiro atoms. The van der Waals surface area contributed by atoms with Gasteiger partial charge in [-0.25, -0.2) is 8.78 Å². The molecular weight excluding hydrogens is 649 g/mol. The standard InChI is InChI=1S/C29H29F7N4O7/c1-13(2)9-19(40-28(45)27(44)38-17-5-3-4-6-21(17)47-29(34,35)36)26(43)39-18(10-14-7-8-37-25(14)42)20(41)12-46-24-22(32)15(30)11-16(31)23(24)33/h3-6,11,13-14,18-19H,7-10,12H2,1-2H3,(H,37,42)(H,38,44)(H,39,43)(H,40,45)/t14-,18-,19-/m0/s1. The van der Waals surface area contributed by atoms with E-state index >= 15 is 0 Å². The monoisotopic (exact) mass is 678 g/mol. The Morgan fingerprint density at radius 3 is 2.17 bits per heavy atom. The molecule has 3 rings (SSSR count). The van der Waals surface area contributed by atoms with E-state index in [0.717, 1.165) is 12.1 Å². The number of nitrogens with one attached hydrogen (secondary N) is 4. The number of ether oxygens (including phenoxy) is 2. The van der Waals surface area contributed by atoms with Gasteiger partial charge in [0.25, 0.3) is 0 Å². The number of para-hydroxylation sites is 2. The minimum absolute atomic E-state index is 0.0699. The lowest BCUT2D eigenvalue weighted by Crippen LogP contribution is -2.54. The van der Waals surface area contributed by atoms with Crippen LogP contribution in [0.1, 0.15) is 33.1 Å². The molecule has 0 radical (unpaired) electrons. The van der Waals surface area contributed by atoms with Crippen molar-refractivity contribution in [1.29, 1.82) is 0 Å². The van der Waals surface area contributed by atoms with Crippen LogP contribution in [0.5, 0.6) is 11.5 Å². The number of carbonyl (C=O) groups is 5. The molecule has 2 aromatic carbocycles. The lowest BCUT2D eigenvalue weighted by molar-refractivity contribution is -0.274. The van der Waals surface area contributed by atoms with Gasteiger partial charge in [0.15, 0.2) is 28.9 Å². The average molecular weight is 679 g/mol. The molecule has 0 bridgehead atoms. The van der Waals surface area contributed by atoms with Crippen LogP contribution in [0.3, 0.4) is 0 Å². The summed E-state index contributed by atoms with van der Waals surface area (Å²) in [4.78, 5) is 63.9. The molecule has 47 heavy (non-hydrogen) atoms. The van der Waals surface area contributed by atoms with Gasteiger partial charge in [0.2, 0.25) is 23.4 Å². The molecule has 11 nitrogen and oxygen atoms in total. The van der Waals surface area contributed by atoms with Crippen LogP contribution in [-0.2, 0) is 24.0 Å². The van der Waals surface area contributed by atoms with Crippen LogP contribution in [0.4, 0.5) is 36.4 Å². The first-order chi connectivity index (χ1) is 22.0. The quantitative estimate of drug-likeness (QED) is 0.144. The van der Waals surface area contributed by atoms with Gasteiger partial charge in [-0.2, -0.15) is 8.78 Å². The van der Waals surface area contributed by atoms with Crippen LogP contribution in [0.25, 0.3) is 0 Å². The van der Waals surface area contributed by atoms with Crippen LogP contribution in [0, 0.1) is 35.1 Å². The van der Waals surface area contributed by atoms with Crippen molar-refractivity contribution in [2.75, 3.05) is 18.5 Å². The van der Waals surface area contributed by atoms with Gasteiger partial charge < -0.3 is 30.7 Å². The highest BCUT2D eigenvalue weighted by Crippen LogP contribution is 2.30. The molecular formula is C29H29F7N4O7. The molecule has 4 N–H and O–H groups in total. The summed E-state index contributed by atoms with van der Waals surface area (Å²) in [6, 6.07) is 1.17. The third kappa shape index (κ3) is 10.3. The Labute approximate surface area is 262 Å². The van der Waals surface area contributed by atoms with E-state index in [1.165, 1.54) is 12.1 Å². The molecule has 1 aliphatic rings. The molecule has 1 saturated heterocycles. The third-order valence-electron chi connectivity index (χ3n) is 6.71. The van der Waals surface area contributed by atoms with Crippen LogP contribution in [0.2, 0.25) is 0 Å². The van der Waals surface area contributed by atoms with Crippen molar-refractivity contribution in [3.63, 3.8) is 0 Å². The Hall–Kier alpha value is -4.90. The van der Waals surface area contributed by atoms with E-state index in [1.807, 2.05) is 5.32 Å². The van der Waals surface area contributed by atoms with E-state index in [2.05, 4.69) is 20.7 Å². The van der Waals surface area contributed by atoms with E-state index in [-0.39, 0.29) is 37.8 Å². The van der Waals surface area contributed by atoms with Gasteiger partial charge in [-0.05, 0) is 37.3 Å². The van der Waals surface area contributed by atoms with Gasteiger partial charge in [0.05, 0.1) is 11.7 Å². The van der Waals surface area contributed by atoms with Crippen LogP contribution < -0.4 is 30.7 Å². The van der Waals surface area contributed by atoms with Crippen molar-refractivity contribution in [1.82, 2.24) is 16.0 Å². The third-order valence-corrected chi connectivity index (χ3v) is 6.71. The SMILES string of the molecule is CC(C)C[C@H](NC(=O)C(=O)Nc1ccccc1OC(F)(F)F)C(=O)N[C@@H](C[C@@H]1CCNC1=O)C(=O)COc1c(F)c(F)cc(F)c1F. The number of anilines is 1. The zero-order valence-corrected chi connectivity index (χ0v) is 24.7. The Balaban J connectivity index is 1.77. The number of hydrogen-bond donors (Lipinski definition) is 4. The fraction of sp³-hybridized carbons (Fsp3) is 0.414. The van der Waals surface area contributed by atoms with Crippen LogP contribution in [0.15, 0.2) is 30.3 Å². The summed E-state index contributed by atoms with van der Waals surface area (Å²) in [5.41, 5.74) is -0.513. The summed E-state index contributed by atoms with van der Waals surface area (Å²) < 4.78 is 102. The molecule has 256 valence electrons. The number of carbonyl (C=O) groups excluding carboxylic acids is 5. The predicted molar refractivity (Wildman–Crippen MR) is 148 cm³/mol. The van der Waals surface area contributed by atoms with E-state index in [0.29, 0.717) is 0 Å². The fourth-order valence-electron chi connectivity index (χ4n) is 4.51. The Kier molecular flexibility index (Phi) is 12.1. The van der Waals surface area contributed by atoms with Gasteiger partial charge >= 0.3 is 18.2 Å². The van der Waals surface area contributed by atoms with E-state index in [9.17, 15) is 54.7 Å². The summed E-state index contributed by atoms with van der Waals surface area (Å²) in [5, 5.41) is 8.93. The summed E-state index contributed by atoms with van der Waals surface area (Å²) in [5.74, 6) is -16.4. The molecule has 0 saturated carbocycles. The molecule has 1 fully saturated rings. The first kappa shape index (κ1) is 36.6. The molecule has 2 aromatic rings. The lowest BCUT2D eigenvalue weighted by atomic mass is 9.95. The number of benzene rings is 2. The lowest BCUT2D eigenvalue weighted by Gasteiger charge is -2.25. The van der Waals surface area contributed by atoms with Gasteiger partial charge in [-0.1, -0.05) is 26.0 Å². The number of amides is 4. The van der Waals surface area contributed by atoms with Gasteiger partial charge in [0.1, 0.15) is 12.6 Å². The molecule has 0 aromatic heterocycles. The summed E-state index contributed by atoms with van der Waals surface area (Å²) in [6.07, 6.45) is -5.35. The first-order valence-electron chi connectivity index (χ1n) is 14.0. The van der Waals surface area contributed by atoms with Crippen molar-refractivity contribution in [2.45, 2.75) is 51.6 Å². The molecule has 0 aliphatic carbocycles. The zero-order valence-electron chi connectivity index (χ0n) is 24.7. The zero-order chi connectivity index (χ0) is 35.1. The van der Waals surface area contributed by atoms with E-state index in [4.69, 9.17) is 4.74 Å². The largest absolute Gasteiger partial charge is 0.573 e. The number of hydrogen-bond acceptors (Lipinski definition) is 7. The normalized spacial score (nSPS) is 15.8. The number of halogens is 7. The smallest absolute Gasteiger partial charge is 0.479 e. The van der Waals surface area contributed by atoms with Crippen molar-refractivity contribution < 1.29 is 64.2 Å². The second-order valence-corrected chi connectivity index (χ2v) is 10.8. The fourth-order valence-corrected chi connectivity index (χ4v) is 4.51. The summed E-state index contributed by atoms with van der Waals surface area (Å²) >= 11 is 0. The van der Waals surface area contributed by atoms with Gasteiger partial charge in [-0.3, -0.25) is 24.0 Å².